The van der Waals surface area contributed by atoms with Crippen molar-refractivity contribution in [2.75, 3.05) is 13.1 Å². The number of aromatic nitrogens is 1. The number of amides is 1. The highest BCUT2D eigenvalue weighted by Gasteiger charge is 2.32. The Kier molecular flexibility index (Phi) is 4.54. The van der Waals surface area contributed by atoms with E-state index in [2.05, 4.69) is 4.98 Å². The smallest absolute Gasteiger partial charge is 0.273 e. The van der Waals surface area contributed by atoms with Gasteiger partial charge in [-0.25, -0.2) is 4.98 Å². The van der Waals surface area contributed by atoms with Crippen molar-refractivity contribution in [3.8, 4) is 10.6 Å². The Balaban J connectivity index is 1.58. The monoisotopic (exact) mass is 380 g/mol. The van der Waals surface area contributed by atoms with E-state index in [0.717, 1.165) is 23.7 Å². The molecule has 1 saturated carbocycles. The summed E-state index contributed by atoms with van der Waals surface area (Å²) in [4.78, 5) is 19.4. The van der Waals surface area contributed by atoms with E-state index in [1.807, 2.05) is 22.4 Å². The number of nitrogens with zero attached hydrogens (tertiary/aromatic N) is 2. The van der Waals surface area contributed by atoms with Crippen LogP contribution in [0.3, 0.4) is 0 Å². The second-order valence-corrected chi connectivity index (χ2v) is 8.38. The first-order valence-electron chi connectivity index (χ1n) is 8.31. The van der Waals surface area contributed by atoms with Gasteiger partial charge in [0.05, 0.1) is 10.0 Å². The van der Waals surface area contributed by atoms with Gasteiger partial charge in [-0.05, 0) is 43.6 Å². The van der Waals surface area contributed by atoms with Gasteiger partial charge in [0, 0.05) is 24.0 Å². The molecule has 0 atom stereocenters. The molecule has 5 rings (SSSR count). The highest BCUT2D eigenvalue weighted by Crippen LogP contribution is 2.36. The molecule has 0 spiro atoms. The van der Waals surface area contributed by atoms with E-state index in [1.54, 1.807) is 6.07 Å². The number of fused-ring (bicyclic) bond motifs is 4. The Morgan fingerprint density at radius 1 is 1.12 bits per heavy atom. The zero-order valence-electron chi connectivity index (χ0n) is 13.2. The van der Waals surface area contributed by atoms with Crippen LogP contribution in [0.4, 0.5) is 0 Å². The number of rotatable bonds is 2. The molecule has 1 aromatic heterocycles. The summed E-state index contributed by atoms with van der Waals surface area (Å²) in [5.41, 5.74) is 1.30. The summed E-state index contributed by atoms with van der Waals surface area (Å²) in [5.74, 6) is 1.37. The van der Waals surface area contributed by atoms with Gasteiger partial charge in [0.2, 0.25) is 0 Å². The minimum Gasteiger partial charge on any atom is -0.337 e. The van der Waals surface area contributed by atoms with Crippen LogP contribution >= 0.6 is 34.5 Å². The summed E-state index contributed by atoms with van der Waals surface area (Å²) in [6.07, 6.45) is 5.04. The van der Waals surface area contributed by atoms with Crippen molar-refractivity contribution >= 4 is 40.4 Å². The van der Waals surface area contributed by atoms with Crippen LogP contribution in [0.15, 0.2) is 23.6 Å². The summed E-state index contributed by atoms with van der Waals surface area (Å²) in [6, 6.07) is 5.48. The Labute approximate surface area is 155 Å². The summed E-state index contributed by atoms with van der Waals surface area (Å²) in [5, 5.41) is 3.56. The highest BCUT2D eigenvalue weighted by molar-refractivity contribution is 7.13. The van der Waals surface area contributed by atoms with E-state index in [-0.39, 0.29) is 5.91 Å². The molecule has 3 nitrogen and oxygen atoms in total. The molecule has 2 bridgehead atoms. The molecule has 3 heterocycles. The molecule has 1 amide bonds. The maximum absolute atomic E-state index is 12.9. The maximum Gasteiger partial charge on any atom is 0.273 e. The minimum absolute atomic E-state index is 0.0504. The highest BCUT2D eigenvalue weighted by atomic mass is 35.5. The van der Waals surface area contributed by atoms with Gasteiger partial charge in [-0.1, -0.05) is 35.3 Å². The largest absolute Gasteiger partial charge is 0.337 e. The van der Waals surface area contributed by atoms with Crippen LogP contribution in [0.2, 0.25) is 10.0 Å². The predicted molar refractivity (Wildman–Crippen MR) is 98.9 cm³/mol. The molecule has 3 aliphatic rings. The summed E-state index contributed by atoms with van der Waals surface area (Å²) in [6.45, 7) is 1.75. The van der Waals surface area contributed by atoms with Crippen molar-refractivity contribution in [1.82, 2.24) is 9.88 Å². The zero-order valence-corrected chi connectivity index (χ0v) is 15.5. The van der Waals surface area contributed by atoms with Gasteiger partial charge in [-0.3, -0.25) is 4.79 Å². The van der Waals surface area contributed by atoms with E-state index in [1.165, 1.54) is 37.0 Å². The van der Waals surface area contributed by atoms with E-state index in [4.69, 9.17) is 23.2 Å². The lowest BCUT2D eigenvalue weighted by Gasteiger charge is -2.21. The molecule has 6 heteroatoms. The fraction of sp³-hybridized carbons (Fsp3) is 0.444. The van der Waals surface area contributed by atoms with Crippen LogP contribution in [0.1, 0.15) is 36.2 Å². The summed E-state index contributed by atoms with van der Waals surface area (Å²) in [7, 11) is 0. The molecule has 2 aromatic rings. The zero-order chi connectivity index (χ0) is 16.7. The van der Waals surface area contributed by atoms with Crippen LogP contribution in [0.5, 0.6) is 0 Å². The van der Waals surface area contributed by atoms with E-state index < -0.39 is 0 Å². The topological polar surface area (TPSA) is 33.2 Å². The van der Waals surface area contributed by atoms with Crippen LogP contribution in [0.25, 0.3) is 10.6 Å². The Morgan fingerprint density at radius 3 is 2.46 bits per heavy atom. The van der Waals surface area contributed by atoms with Crippen molar-refractivity contribution in [3.05, 3.63) is 39.3 Å². The molecule has 1 aromatic carbocycles. The van der Waals surface area contributed by atoms with Crippen molar-refractivity contribution < 1.29 is 4.79 Å². The first-order valence-corrected chi connectivity index (χ1v) is 9.94. The Morgan fingerprint density at radius 2 is 1.79 bits per heavy atom. The maximum atomic E-state index is 12.9. The predicted octanol–water partition coefficient (Wildman–Crippen LogP) is 5.38. The third kappa shape index (κ3) is 3.07. The quantitative estimate of drug-likeness (QED) is 0.700. The van der Waals surface area contributed by atoms with Crippen molar-refractivity contribution in [3.63, 3.8) is 0 Å². The van der Waals surface area contributed by atoms with Crippen molar-refractivity contribution in [1.29, 1.82) is 0 Å². The van der Waals surface area contributed by atoms with Gasteiger partial charge < -0.3 is 4.90 Å². The molecule has 1 aliphatic carbocycles. The molecule has 0 radical (unpaired) electrons. The number of hydrogen-bond donors (Lipinski definition) is 0. The van der Waals surface area contributed by atoms with E-state index >= 15 is 0 Å². The number of benzene rings is 1. The van der Waals surface area contributed by atoms with Gasteiger partial charge in [0.25, 0.3) is 5.91 Å². The van der Waals surface area contributed by atoms with Gasteiger partial charge in [-0.15, -0.1) is 11.3 Å². The third-order valence-corrected chi connectivity index (χ3v) is 6.81. The van der Waals surface area contributed by atoms with Crippen molar-refractivity contribution in [2.24, 2.45) is 11.8 Å². The SMILES string of the molecule is O=C(c1csc(-c2cccc(Cl)c2Cl)n1)N1CC2CCC(CC2)C1. The lowest BCUT2D eigenvalue weighted by atomic mass is 9.84. The number of carbonyl (C=O) groups excluding carboxylic acids is 1. The molecule has 0 N–H and O–H groups in total. The van der Waals surface area contributed by atoms with Gasteiger partial charge in [-0.2, -0.15) is 0 Å². The second-order valence-electron chi connectivity index (χ2n) is 6.74. The van der Waals surface area contributed by atoms with Crippen molar-refractivity contribution in [2.45, 2.75) is 25.7 Å². The van der Waals surface area contributed by atoms with Crippen LogP contribution < -0.4 is 0 Å². The molecule has 2 saturated heterocycles. The molecular formula is C18H18Cl2N2OS. The number of thiazole rings is 1. The Hall–Kier alpha value is -1.10. The lowest BCUT2D eigenvalue weighted by molar-refractivity contribution is 0.0734. The first-order chi connectivity index (χ1) is 11.6. The fourth-order valence-electron chi connectivity index (χ4n) is 3.79. The normalized spacial score (nSPS) is 23.3. The lowest BCUT2D eigenvalue weighted by Crippen LogP contribution is -2.34. The molecule has 126 valence electrons. The molecule has 2 aliphatic heterocycles. The number of hydrogen-bond acceptors (Lipinski definition) is 3. The molecule has 0 unspecified atom stereocenters. The fourth-order valence-corrected chi connectivity index (χ4v) is 5.06. The van der Waals surface area contributed by atoms with Gasteiger partial charge in [0.1, 0.15) is 10.7 Å². The molecular weight excluding hydrogens is 363 g/mol. The third-order valence-electron chi connectivity index (χ3n) is 5.12. The molecule has 24 heavy (non-hydrogen) atoms. The van der Waals surface area contributed by atoms with Crippen LogP contribution in [-0.4, -0.2) is 28.9 Å². The standard InChI is InChI=1S/C18H18Cl2N2OS/c19-14-3-1-2-13(16(14)20)17-21-15(10-24-17)18(23)22-8-11-4-5-12(9-22)7-6-11/h1-3,10-12H,4-9H2. The van der Waals surface area contributed by atoms with Gasteiger partial charge >= 0.3 is 0 Å². The Bertz CT molecular complexity index is 754. The van der Waals surface area contributed by atoms with E-state index in [0.29, 0.717) is 27.6 Å². The van der Waals surface area contributed by atoms with Crippen LogP contribution in [0, 0.1) is 11.8 Å². The summed E-state index contributed by atoms with van der Waals surface area (Å²) < 4.78 is 0. The van der Waals surface area contributed by atoms with E-state index in [9.17, 15) is 4.79 Å². The summed E-state index contributed by atoms with van der Waals surface area (Å²) >= 11 is 13.8. The number of halogens is 2. The van der Waals surface area contributed by atoms with Gasteiger partial charge in [0.15, 0.2) is 0 Å². The molecule has 3 fully saturated rings. The minimum atomic E-state index is 0.0504. The average Bonchev–Trinajstić information content (AvgIpc) is 2.87. The second kappa shape index (κ2) is 6.66. The average molecular weight is 381 g/mol. The van der Waals surface area contributed by atoms with Crippen LogP contribution in [-0.2, 0) is 0 Å². The first kappa shape index (κ1) is 16.4. The number of carbonyl (C=O) groups is 1.